The van der Waals surface area contributed by atoms with Crippen molar-refractivity contribution in [2.45, 2.75) is 38.9 Å². The molecule has 138 valence electrons. The quantitative estimate of drug-likeness (QED) is 0.464. The Balaban J connectivity index is 0.000000948. The zero-order valence-corrected chi connectivity index (χ0v) is 16.5. The van der Waals surface area contributed by atoms with Crippen LogP contribution in [0.15, 0.2) is 29.8 Å². The van der Waals surface area contributed by atoms with Crippen LogP contribution in [0.5, 0.6) is 0 Å². The van der Waals surface area contributed by atoms with Crippen LogP contribution >= 0.6 is 23.3 Å². The summed E-state index contributed by atoms with van der Waals surface area (Å²) in [6.45, 7) is 5.81. The predicted octanol–water partition coefficient (Wildman–Crippen LogP) is 6.88. The van der Waals surface area contributed by atoms with E-state index < -0.39 is 11.6 Å². The molecule has 0 aliphatic heterocycles. The minimum absolute atomic E-state index is 0.226. The molecule has 0 amide bonds. The maximum atomic E-state index is 14.9. The van der Waals surface area contributed by atoms with Crippen LogP contribution in [-0.2, 0) is 0 Å². The summed E-state index contributed by atoms with van der Waals surface area (Å²) in [7, 11) is 0. The number of rotatable bonds is 5. The molecule has 0 radical (unpaired) electrons. The number of benzene rings is 2. The first-order valence-corrected chi connectivity index (χ1v) is 10.4. The minimum Gasteiger partial charge on any atom is -0.349 e. The van der Waals surface area contributed by atoms with E-state index in [4.69, 9.17) is 0 Å². The third kappa shape index (κ3) is 4.10. The van der Waals surface area contributed by atoms with Gasteiger partial charge in [-0.3, -0.25) is 0 Å². The van der Waals surface area contributed by atoms with Gasteiger partial charge in [-0.25, -0.2) is 13.8 Å². The van der Waals surface area contributed by atoms with E-state index in [0.29, 0.717) is 16.5 Å². The van der Waals surface area contributed by atoms with Gasteiger partial charge in [-0.05, 0) is 55.5 Å². The van der Waals surface area contributed by atoms with Crippen molar-refractivity contribution in [1.82, 2.24) is 4.98 Å². The van der Waals surface area contributed by atoms with E-state index >= 15 is 0 Å². The molecular weight excluding hydrogens is 372 g/mol. The summed E-state index contributed by atoms with van der Waals surface area (Å²) in [5.41, 5.74) is 3.81. The Morgan fingerprint density at radius 1 is 1.15 bits per heavy atom. The SMILES string of the molecule is CC.Cc1ccc(Nc2c(NSC3CC3)cc3scnc3c2F)c(F)c1. The van der Waals surface area contributed by atoms with E-state index in [9.17, 15) is 8.78 Å². The van der Waals surface area contributed by atoms with Crippen molar-refractivity contribution in [3.8, 4) is 0 Å². The predicted molar refractivity (Wildman–Crippen MR) is 110 cm³/mol. The van der Waals surface area contributed by atoms with Crippen molar-refractivity contribution in [3.05, 3.63) is 47.0 Å². The van der Waals surface area contributed by atoms with E-state index in [1.165, 1.54) is 17.4 Å². The molecule has 0 atom stereocenters. The normalized spacial score (nSPS) is 13.3. The number of hydrogen-bond acceptors (Lipinski definition) is 5. The first kappa shape index (κ1) is 18.9. The van der Waals surface area contributed by atoms with Gasteiger partial charge in [0.25, 0.3) is 0 Å². The summed E-state index contributed by atoms with van der Waals surface area (Å²) in [6.07, 6.45) is 2.33. The highest BCUT2D eigenvalue weighted by Gasteiger charge is 2.24. The monoisotopic (exact) mass is 393 g/mol. The Labute approximate surface area is 160 Å². The summed E-state index contributed by atoms with van der Waals surface area (Å²) in [5, 5.41) is 3.47. The van der Waals surface area contributed by atoms with Crippen molar-refractivity contribution in [2.24, 2.45) is 0 Å². The van der Waals surface area contributed by atoms with E-state index in [1.807, 2.05) is 26.8 Å². The maximum Gasteiger partial charge on any atom is 0.175 e. The van der Waals surface area contributed by atoms with Gasteiger partial charge in [-0.15, -0.1) is 11.3 Å². The highest BCUT2D eigenvalue weighted by molar-refractivity contribution is 8.01. The van der Waals surface area contributed by atoms with Crippen LogP contribution < -0.4 is 10.0 Å². The number of anilines is 3. The first-order valence-electron chi connectivity index (χ1n) is 8.62. The number of halogens is 2. The number of aromatic nitrogens is 1. The summed E-state index contributed by atoms with van der Waals surface area (Å²) in [6, 6.07) is 6.69. The second kappa shape index (κ2) is 8.22. The molecule has 0 bridgehead atoms. The lowest BCUT2D eigenvalue weighted by atomic mass is 10.2. The highest BCUT2D eigenvalue weighted by atomic mass is 32.2. The lowest BCUT2D eigenvalue weighted by Crippen LogP contribution is -2.02. The van der Waals surface area contributed by atoms with Gasteiger partial charge in [-0.2, -0.15) is 0 Å². The van der Waals surface area contributed by atoms with Gasteiger partial charge in [0.05, 0.1) is 21.6 Å². The van der Waals surface area contributed by atoms with E-state index in [-0.39, 0.29) is 11.4 Å². The third-order valence-corrected chi connectivity index (χ3v) is 5.73. The zero-order chi connectivity index (χ0) is 18.7. The zero-order valence-electron chi connectivity index (χ0n) is 14.9. The molecule has 1 aromatic heterocycles. The van der Waals surface area contributed by atoms with Crippen molar-refractivity contribution in [3.63, 3.8) is 0 Å². The Kier molecular flexibility index (Phi) is 5.98. The minimum atomic E-state index is -0.465. The number of nitrogens with zero attached hydrogens (tertiary/aromatic N) is 1. The summed E-state index contributed by atoms with van der Waals surface area (Å²) >= 11 is 2.96. The fourth-order valence-corrected chi connectivity index (χ4v) is 3.89. The van der Waals surface area contributed by atoms with Crippen molar-refractivity contribution in [2.75, 3.05) is 10.0 Å². The van der Waals surface area contributed by atoms with Gasteiger partial charge in [0, 0.05) is 5.25 Å². The Morgan fingerprint density at radius 2 is 1.92 bits per heavy atom. The van der Waals surface area contributed by atoms with Crippen LogP contribution in [0.25, 0.3) is 10.2 Å². The Hall–Kier alpha value is -1.86. The van der Waals surface area contributed by atoms with Crippen LogP contribution in [0.2, 0.25) is 0 Å². The summed E-state index contributed by atoms with van der Waals surface area (Å²) < 4.78 is 33.0. The molecule has 0 saturated heterocycles. The average molecular weight is 394 g/mol. The maximum absolute atomic E-state index is 14.9. The Morgan fingerprint density at radius 3 is 2.62 bits per heavy atom. The average Bonchev–Trinajstić information content (AvgIpc) is 3.35. The van der Waals surface area contributed by atoms with E-state index in [1.54, 1.807) is 29.6 Å². The number of aryl methyl sites for hydroxylation is 1. The third-order valence-electron chi connectivity index (χ3n) is 3.81. The van der Waals surface area contributed by atoms with E-state index in [0.717, 1.165) is 23.1 Å². The molecule has 2 N–H and O–H groups in total. The van der Waals surface area contributed by atoms with Crippen LogP contribution in [0, 0.1) is 18.6 Å². The van der Waals surface area contributed by atoms with Gasteiger partial charge in [0.2, 0.25) is 0 Å². The standard InChI is InChI=1S/C17H15F2N3S2.C2H6/c1-9-2-5-12(11(18)6-9)21-16-13(22-24-10-3-4-10)7-14-17(15(16)19)20-8-23-14;1-2/h2,5-8,10,21-22H,3-4H2,1H3;1-2H3. The van der Waals surface area contributed by atoms with Gasteiger partial charge in [-0.1, -0.05) is 19.9 Å². The second-order valence-corrected chi connectivity index (χ2v) is 7.83. The van der Waals surface area contributed by atoms with Crippen molar-refractivity contribution in [1.29, 1.82) is 0 Å². The number of nitrogens with one attached hydrogen (secondary N) is 2. The fraction of sp³-hybridized carbons (Fsp3) is 0.316. The van der Waals surface area contributed by atoms with Gasteiger partial charge in [0.1, 0.15) is 17.0 Å². The topological polar surface area (TPSA) is 37.0 Å². The van der Waals surface area contributed by atoms with Crippen molar-refractivity contribution >= 4 is 50.6 Å². The molecule has 4 rings (SSSR count). The van der Waals surface area contributed by atoms with E-state index in [2.05, 4.69) is 15.0 Å². The van der Waals surface area contributed by atoms with Crippen molar-refractivity contribution < 1.29 is 8.78 Å². The molecule has 26 heavy (non-hydrogen) atoms. The smallest absolute Gasteiger partial charge is 0.175 e. The second-order valence-electron chi connectivity index (χ2n) is 5.84. The largest absolute Gasteiger partial charge is 0.349 e. The highest BCUT2D eigenvalue weighted by Crippen LogP contribution is 2.40. The van der Waals surface area contributed by atoms with Crippen LogP contribution in [0.1, 0.15) is 32.3 Å². The lowest BCUT2D eigenvalue weighted by Gasteiger charge is -2.15. The molecule has 0 spiro atoms. The number of thiazole rings is 1. The first-order chi connectivity index (χ1) is 12.6. The lowest BCUT2D eigenvalue weighted by molar-refractivity contribution is 0.628. The molecule has 0 unspecified atom stereocenters. The van der Waals surface area contributed by atoms with Gasteiger partial charge >= 0.3 is 0 Å². The molecule has 2 aromatic carbocycles. The molecule has 1 saturated carbocycles. The van der Waals surface area contributed by atoms with Gasteiger partial charge in [0.15, 0.2) is 5.82 Å². The Bertz CT molecular complexity index is 907. The van der Waals surface area contributed by atoms with Gasteiger partial charge < -0.3 is 10.0 Å². The number of fused-ring (bicyclic) bond motifs is 1. The van der Waals surface area contributed by atoms with Crippen LogP contribution in [-0.4, -0.2) is 10.2 Å². The van der Waals surface area contributed by atoms with Crippen LogP contribution in [0.4, 0.5) is 25.8 Å². The molecule has 1 aliphatic carbocycles. The molecule has 1 heterocycles. The summed E-state index contributed by atoms with van der Waals surface area (Å²) in [5.74, 6) is -0.874. The molecule has 3 aromatic rings. The molecule has 1 fully saturated rings. The van der Waals surface area contributed by atoms with Crippen LogP contribution in [0.3, 0.4) is 0 Å². The molecule has 1 aliphatic rings. The molecular formula is C19H21F2N3S2. The fourth-order valence-electron chi connectivity index (χ4n) is 2.35. The number of hydrogen-bond donors (Lipinski definition) is 2. The molecule has 3 nitrogen and oxygen atoms in total. The molecule has 7 heteroatoms. The summed E-state index contributed by atoms with van der Waals surface area (Å²) in [4.78, 5) is 4.08.